The second-order valence-electron chi connectivity index (χ2n) is 10.4. The maximum atomic E-state index is 13.5. The highest BCUT2D eigenvalue weighted by atomic mass is 35.5. The van der Waals surface area contributed by atoms with Crippen molar-refractivity contribution < 1.29 is 14.3 Å². The molecule has 0 bridgehead atoms. The van der Waals surface area contributed by atoms with Crippen LogP contribution < -0.4 is 10.6 Å². The molecule has 6 nitrogen and oxygen atoms in total. The lowest BCUT2D eigenvalue weighted by molar-refractivity contribution is -0.136. The Labute approximate surface area is 206 Å². The topological polar surface area (TPSA) is 70.7 Å². The predicted molar refractivity (Wildman–Crippen MR) is 132 cm³/mol. The first-order valence-corrected chi connectivity index (χ1v) is 13.0. The Bertz CT molecular complexity index is 837. The Morgan fingerprint density at radius 2 is 1.67 bits per heavy atom. The van der Waals surface area contributed by atoms with Gasteiger partial charge in [-0.1, -0.05) is 11.6 Å². The number of alkyl halides is 1. The maximum absolute atomic E-state index is 13.5. The molecule has 1 aromatic rings. The van der Waals surface area contributed by atoms with Crippen molar-refractivity contribution in [3.63, 3.8) is 0 Å². The summed E-state index contributed by atoms with van der Waals surface area (Å²) in [6.07, 6.45) is 5.52. The van der Waals surface area contributed by atoms with Gasteiger partial charge >= 0.3 is 0 Å². The number of nitrogens with one attached hydrogen (secondary N) is 2. The van der Waals surface area contributed by atoms with Crippen LogP contribution in [0.15, 0.2) is 24.3 Å². The van der Waals surface area contributed by atoms with Crippen LogP contribution in [0.3, 0.4) is 0 Å². The van der Waals surface area contributed by atoms with E-state index in [4.69, 9.17) is 27.9 Å². The third-order valence-corrected chi connectivity index (χ3v) is 8.17. The molecule has 2 saturated heterocycles. The molecule has 1 unspecified atom stereocenters. The number of rotatable bonds is 6. The zero-order valence-corrected chi connectivity index (χ0v) is 21.1. The number of hydrogen-bond donors (Lipinski definition) is 2. The molecule has 2 aliphatic heterocycles. The van der Waals surface area contributed by atoms with Crippen molar-refractivity contribution in [2.75, 3.05) is 30.8 Å². The summed E-state index contributed by atoms with van der Waals surface area (Å²) in [6.45, 7) is 6.35. The van der Waals surface area contributed by atoms with Crippen LogP contribution in [0, 0.1) is 11.3 Å². The number of likely N-dealkylation sites (tertiary alicyclic amines) is 1. The van der Waals surface area contributed by atoms with E-state index in [1.54, 1.807) is 0 Å². The van der Waals surface area contributed by atoms with Crippen LogP contribution in [0.4, 0.5) is 5.69 Å². The molecule has 182 valence electrons. The van der Waals surface area contributed by atoms with Crippen LogP contribution in [0.1, 0.15) is 52.4 Å². The molecule has 2 N–H and O–H groups in total. The number of benzene rings is 1. The minimum absolute atomic E-state index is 0.00726. The van der Waals surface area contributed by atoms with Gasteiger partial charge in [-0.2, -0.15) is 0 Å². The van der Waals surface area contributed by atoms with E-state index in [1.165, 1.54) is 0 Å². The first-order chi connectivity index (χ1) is 15.7. The predicted octanol–water partition coefficient (Wildman–Crippen LogP) is 4.45. The quantitative estimate of drug-likeness (QED) is 0.571. The minimum atomic E-state index is -0.709. The monoisotopic (exact) mass is 495 g/mol. The van der Waals surface area contributed by atoms with Crippen molar-refractivity contribution in [3.05, 3.63) is 29.3 Å². The van der Waals surface area contributed by atoms with Gasteiger partial charge in [-0.3, -0.25) is 9.59 Å². The van der Waals surface area contributed by atoms with E-state index < -0.39 is 5.54 Å². The van der Waals surface area contributed by atoms with Gasteiger partial charge in [0.05, 0.1) is 12.2 Å². The third kappa shape index (κ3) is 5.60. The molecule has 1 aliphatic carbocycles. The summed E-state index contributed by atoms with van der Waals surface area (Å²) in [6, 6.07) is 7.50. The van der Waals surface area contributed by atoms with Crippen molar-refractivity contribution in [1.29, 1.82) is 0 Å². The molecule has 0 aromatic heterocycles. The normalized spacial score (nSPS) is 29.4. The number of carbonyl (C=O) groups excluding carboxylic acids is 2. The fourth-order valence-corrected chi connectivity index (χ4v) is 6.45. The van der Waals surface area contributed by atoms with Gasteiger partial charge in [0.15, 0.2) is 0 Å². The van der Waals surface area contributed by atoms with E-state index in [0.717, 1.165) is 44.5 Å². The van der Waals surface area contributed by atoms with Crippen LogP contribution in [0.5, 0.6) is 0 Å². The molecule has 33 heavy (non-hydrogen) atoms. The molecule has 1 saturated carbocycles. The molecular weight excluding hydrogens is 461 g/mol. The highest BCUT2D eigenvalue weighted by molar-refractivity contribution is 6.30. The number of nitrogens with zero attached hydrogens (tertiary/aromatic N) is 1. The first-order valence-electron chi connectivity index (χ1n) is 12.0. The van der Waals surface area contributed by atoms with Crippen LogP contribution in [-0.4, -0.2) is 60.0 Å². The number of ether oxygens (including phenoxy) is 1. The molecule has 3 fully saturated rings. The molecule has 1 aromatic carbocycles. The number of carbonyl (C=O) groups is 2. The fraction of sp³-hybridized carbons (Fsp3) is 0.680. The summed E-state index contributed by atoms with van der Waals surface area (Å²) >= 11 is 11.7. The molecule has 0 radical (unpaired) electrons. The van der Waals surface area contributed by atoms with Gasteiger partial charge in [-0.05, 0) is 75.1 Å². The van der Waals surface area contributed by atoms with Crippen molar-refractivity contribution in [2.24, 2.45) is 11.3 Å². The Kier molecular flexibility index (Phi) is 7.47. The van der Waals surface area contributed by atoms with E-state index in [-0.39, 0.29) is 29.9 Å². The van der Waals surface area contributed by atoms with Gasteiger partial charge in [0.25, 0.3) is 0 Å². The van der Waals surface area contributed by atoms with Gasteiger partial charge in [0.1, 0.15) is 11.4 Å². The Morgan fingerprint density at radius 1 is 1.06 bits per heavy atom. The zero-order chi connectivity index (χ0) is 23.6. The van der Waals surface area contributed by atoms with E-state index in [0.29, 0.717) is 35.7 Å². The fourth-order valence-electron chi connectivity index (χ4n) is 6.15. The van der Waals surface area contributed by atoms with Gasteiger partial charge in [-0.15, -0.1) is 11.6 Å². The smallest absolute Gasteiger partial charge is 0.245 e. The summed E-state index contributed by atoms with van der Waals surface area (Å²) in [5.41, 5.74) is 0.510. The molecule has 2 amide bonds. The minimum Gasteiger partial charge on any atom is -0.375 e. The SMILES string of the molecule is C[C@@H]1CC(Nc2ccc(Cl)cc2)(C(=O)NCC2CC3(CCN(C(=O)CCl)CC3)C2)C[C@H](C)O1. The second kappa shape index (κ2) is 10.0. The molecule has 4 rings (SSSR count). The lowest BCUT2D eigenvalue weighted by Gasteiger charge is -2.52. The summed E-state index contributed by atoms with van der Waals surface area (Å²) in [7, 11) is 0. The summed E-state index contributed by atoms with van der Waals surface area (Å²) < 4.78 is 5.94. The number of anilines is 1. The van der Waals surface area contributed by atoms with Crippen LogP contribution in [-0.2, 0) is 14.3 Å². The van der Waals surface area contributed by atoms with Crippen LogP contribution in [0.2, 0.25) is 5.02 Å². The van der Waals surface area contributed by atoms with E-state index in [2.05, 4.69) is 10.6 Å². The second-order valence-corrected chi connectivity index (χ2v) is 11.1. The van der Waals surface area contributed by atoms with Gasteiger partial charge < -0.3 is 20.3 Å². The standard InChI is InChI=1S/C25H35Cl2N3O3/c1-17-11-25(12-18(2)33-17,29-21-5-3-20(27)4-6-21)23(32)28-16-19-13-24(14-19)7-9-30(10-8-24)22(31)15-26/h3-6,17-19,29H,7-16H2,1-2H3,(H,28,32)/t17-,18+,25?. The summed E-state index contributed by atoms with van der Waals surface area (Å²) in [4.78, 5) is 27.2. The molecule has 1 spiro atoms. The van der Waals surface area contributed by atoms with E-state index >= 15 is 0 Å². The number of hydrogen-bond acceptors (Lipinski definition) is 4. The molecule has 2 heterocycles. The Morgan fingerprint density at radius 3 is 2.24 bits per heavy atom. The largest absolute Gasteiger partial charge is 0.375 e. The highest BCUT2D eigenvalue weighted by Gasteiger charge is 2.48. The molecule has 8 heteroatoms. The number of amides is 2. The molecule has 3 aliphatic rings. The maximum Gasteiger partial charge on any atom is 0.245 e. The number of piperidine rings is 1. The number of halogens is 2. The molecule has 3 atom stereocenters. The van der Waals surface area contributed by atoms with Crippen molar-refractivity contribution in [1.82, 2.24) is 10.2 Å². The average molecular weight is 496 g/mol. The summed E-state index contributed by atoms with van der Waals surface area (Å²) in [5.74, 6) is 0.637. The van der Waals surface area contributed by atoms with Crippen LogP contribution >= 0.6 is 23.2 Å². The lowest BCUT2D eigenvalue weighted by Crippen LogP contribution is -2.60. The van der Waals surface area contributed by atoms with Crippen LogP contribution in [0.25, 0.3) is 0 Å². The van der Waals surface area contributed by atoms with Crippen molar-refractivity contribution >= 4 is 40.7 Å². The van der Waals surface area contributed by atoms with Gasteiger partial charge in [-0.25, -0.2) is 0 Å². The van der Waals surface area contributed by atoms with Gasteiger partial charge in [0.2, 0.25) is 11.8 Å². The Hall–Kier alpha value is -1.50. The molecular formula is C25H35Cl2N3O3. The van der Waals surface area contributed by atoms with Crippen molar-refractivity contribution in [2.45, 2.75) is 70.1 Å². The third-order valence-electron chi connectivity index (χ3n) is 7.68. The highest BCUT2D eigenvalue weighted by Crippen LogP contribution is 2.52. The van der Waals surface area contributed by atoms with Gasteiger partial charge in [0, 0.05) is 43.2 Å². The summed E-state index contributed by atoms with van der Waals surface area (Å²) in [5, 5.41) is 7.45. The lowest BCUT2D eigenvalue weighted by atomic mass is 9.57. The van der Waals surface area contributed by atoms with Crippen molar-refractivity contribution in [3.8, 4) is 0 Å². The zero-order valence-electron chi connectivity index (χ0n) is 19.5. The first kappa shape index (κ1) is 24.6. The van der Waals surface area contributed by atoms with E-state index in [9.17, 15) is 9.59 Å². The average Bonchev–Trinajstić information content (AvgIpc) is 2.76. The Balaban J connectivity index is 1.33. The van der Waals surface area contributed by atoms with E-state index in [1.807, 2.05) is 43.0 Å².